The molecular formula is C43H36O9. The Kier molecular flexibility index (Phi) is 9.77. The average Bonchev–Trinajstić information content (AvgIpc) is 3.20. The molecule has 0 aromatic heterocycles. The maximum atomic E-state index is 13.7. The molecule has 0 bridgehead atoms. The Balaban J connectivity index is 1.49. The van der Waals surface area contributed by atoms with E-state index in [-0.39, 0.29) is 30.1 Å². The fourth-order valence-corrected chi connectivity index (χ4v) is 6.69. The highest BCUT2D eigenvalue weighted by Gasteiger charge is 2.43. The van der Waals surface area contributed by atoms with E-state index in [1.54, 1.807) is 49.6 Å². The molecule has 0 aliphatic heterocycles. The smallest absolute Gasteiger partial charge is 0.338 e. The molecule has 0 saturated heterocycles. The zero-order valence-corrected chi connectivity index (χ0v) is 28.8. The molecule has 0 amide bonds. The van der Waals surface area contributed by atoms with Crippen molar-refractivity contribution < 1.29 is 43.1 Å². The van der Waals surface area contributed by atoms with Crippen molar-refractivity contribution in [2.45, 2.75) is 25.4 Å². The van der Waals surface area contributed by atoms with E-state index in [0.717, 1.165) is 11.1 Å². The van der Waals surface area contributed by atoms with Gasteiger partial charge in [0.2, 0.25) is 0 Å². The van der Waals surface area contributed by atoms with Gasteiger partial charge in [-0.15, -0.1) is 0 Å². The molecule has 6 aromatic carbocycles. The first-order valence-corrected chi connectivity index (χ1v) is 16.7. The van der Waals surface area contributed by atoms with Gasteiger partial charge in [0.25, 0.3) is 0 Å². The molecule has 9 nitrogen and oxygen atoms in total. The van der Waals surface area contributed by atoms with E-state index in [2.05, 4.69) is 0 Å². The van der Waals surface area contributed by atoms with Crippen LogP contribution >= 0.6 is 0 Å². The van der Waals surface area contributed by atoms with Crippen LogP contribution in [0.1, 0.15) is 55.2 Å². The number of ether oxygens (including phenoxy) is 6. The Morgan fingerprint density at radius 1 is 0.615 bits per heavy atom. The van der Waals surface area contributed by atoms with Crippen molar-refractivity contribution in [3.05, 3.63) is 155 Å². The normalized spacial score (nSPS) is 14.5. The summed E-state index contributed by atoms with van der Waals surface area (Å²) in [7, 11) is 4.33. The topological polar surface area (TPSA) is 110 Å². The Bertz CT molecular complexity index is 2240. The number of hydrogen-bond acceptors (Lipinski definition) is 9. The Hall–Kier alpha value is -6.32. The van der Waals surface area contributed by atoms with Crippen LogP contribution in [0, 0.1) is 0 Å². The van der Waals surface area contributed by atoms with E-state index in [9.17, 15) is 14.7 Å². The third-order valence-electron chi connectivity index (χ3n) is 9.06. The van der Waals surface area contributed by atoms with Gasteiger partial charge < -0.3 is 33.5 Å². The average molecular weight is 697 g/mol. The van der Waals surface area contributed by atoms with Crippen LogP contribution in [0.2, 0.25) is 0 Å². The molecule has 0 saturated carbocycles. The van der Waals surface area contributed by atoms with Crippen molar-refractivity contribution in [2.24, 2.45) is 0 Å². The van der Waals surface area contributed by atoms with Crippen molar-refractivity contribution in [3.8, 4) is 34.1 Å². The van der Waals surface area contributed by atoms with Crippen LogP contribution in [-0.2, 0) is 22.7 Å². The predicted molar refractivity (Wildman–Crippen MR) is 195 cm³/mol. The van der Waals surface area contributed by atoms with E-state index >= 15 is 0 Å². The molecule has 0 spiro atoms. The number of benzene rings is 6. The zero-order chi connectivity index (χ0) is 36.2. The maximum Gasteiger partial charge on any atom is 0.338 e. The number of hydrogen-bond donors (Lipinski definition) is 1. The van der Waals surface area contributed by atoms with Crippen LogP contribution in [0.4, 0.5) is 0 Å². The maximum absolute atomic E-state index is 13.7. The van der Waals surface area contributed by atoms with Crippen LogP contribution in [0.15, 0.2) is 121 Å². The zero-order valence-electron chi connectivity index (χ0n) is 28.8. The summed E-state index contributed by atoms with van der Waals surface area (Å²) in [6.45, 7) is 0.424. The third-order valence-corrected chi connectivity index (χ3v) is 9.06. The molecule has 0 radical (unpaired) electrons. The van der Waals surface area contributed by atoms with Gasteiger partial charge in [-0.2, -0.15) is 0 Å². The van der Waals surface area contributed by atoms with Gasteiger partial charge in [0.1, 0.15) is 42.3 Å². The number of carbonyl (C=O) groups excluding carboxylic acids is 2. The first-order valence-electron chi connectivity index (χ1n) is 16.7. The summed E-state index contributed by atoms with van der Waals surface area (Å²) in [5.74, 6) is 0.180. The molecule has 6 aromatic rings. The van der Waals surface area contributed by atoms with Crippen molar-refractivity contribution in [1.29, 1.82) is 0 Å². The number of esters is 2. The van der Waals surface area contributed by atoms with Gasteiger partial charge in [-0.25, -0.2) is 9.59 Å². The number of aliphatic hydroxyl groups is 1. The molecule has 7 rings (SSSR count). The van der Waals surface area contributed by atoms with Crippen LogP contribution < -0.4 is 18.9 Å². The van der Waals surface area contributed by atoms with Gasteiger partial charge in [-0.3, -0.25) is 0 Å². The predicted octanol–water partition coefficient (Wildman–Crippen LogP) is 8.41. The standard InChI is InChI=1S/C43H36O9/c1-47-39-30-20-13-21-32(50-24-26-14-7-4-8-15-26)35(30)41(48-2)37-36(39)34-31(40(38(37)44)52-43(46)28-18-11-6-12-19-28)22-29(42(45)49-3)23-33(34)51-25-27-16-9-5-10-17-27/h4-23,38,40,44H,24-25H2,1-3H3/t38-,40-/m0/s1. The number of rotatable bonds is 11. The van der Waals surface area contributed by atoms with E-state index in [1.165, 1.54) is 14.2 Å². The second-order valence-corrected chi connectivity index (χ2v) is 12.1. The van der Waals surface area contributed by atoms with Crippen LogP contribution in [0.5, 0.6) is 23.0 Å². The lowest BCUT2D eigenvalue weighted by atomic mass is 9.78. The Labute approximate surface area is 300 Å². The largest absolute Gasteiger partial charge is 0.496 e. The third kappa shape index (κ3) is 6.38. The molecule has 2 atom stereocenters. The van der Waals surface area contributed by atoms with E-state index in [4.69, 9.17) is 28.4 Å². The van der Waals surface area contributed by atoms with Gasteiger partial charge >= 0.3 is 11.9 Å². The first-order chi connectivity index (χ1) is 25.4. The highest BCUT2D eigenvalue weighted by atomic mass is 16.6. The Morgan fingerprint density at radius 2 is 1.21 bits per heavy atom. The summed E-state index contributed by atoms with van der Waals surface area (Å²) < 4.78 is 36.5. The van der Waals surface area contributed by atoms with Crippen molar-refractivity contribution in [3.63, 3.8) is 0 Å². The van der Waals surface area contributed by atoms with Gasteiger partial charge in [-0.05, 0) is 41.5 Å². The monoisotopic (exact) mass is 696 g/mol. The Morgan fingerprint density at radius 3 is 1.81 bits per heavy atom. The summed E-state index contributed by atoms with van der Waals surface area (Å²) in [6, 6.07) is 36.5. The second-order valence-electron chi connectivity index (χ2n) is 12.1. The van der Waals surface area contributed by atoms with E-state index in [0.29, 0.717) is 50.3 Å². The van der Waals surface area contributed by atoms with E-state index in [1.807, 2.05) is 78.9 Å². The minimum absolute atomic E-state index is 0.143. The molecule has 0 unspecified atom stereocenters. The number of fused-ring (bicyclic) bond motifs is 4. The quantitative estimate of drug-likeness (QED) is 0.134. The summed E-state index contributed by atoms with van der Waals surface area (Å²) in [6.07, 6.45) is -2.80. The molecule has 0 heterocycles. The van der Waals surface area contributed by atoms with Gasteiger partial charge in [-0.1, -0.05) is 91.0 Å². The summed E-state index contributed by atoms with van der Waals surface area (Å²) >= 11 is 0. The molecule has 52 heavy (non-hydrogen) atoms. The van der Waals surface area contributed by atoms with Crippen molar-refractivity contribution >= 4 is 22.7 Å². The van der Waals surface area contributed by atoms with E-state index < -0.39 is 24.1 Å². The molecule has 0 fully saturated rings. The molecule has 262 valence electrons. The van der Waals surface area contributed by atoms with Crippen LogP contribution in [0.3, 0.4) is 0 Å². The fraction of sp³-hybridized carbons (Fsp3) is 0.163. The highest BCUT2D eigenvalue weighted by Crippen LogP contribution is 2.60. The summed E-state index contributed by atoms with van der Waals surface area (Å²) in [4.78, 5) is 26.8. The fourth-order valence-electron chi connectivity index (χ4n) is 6.69. The summed E-state index contributed by atoms with van der Waals surface area (Å²) in [5, 5.41) is 13.6. The number of aliphatic hydroxyl groups excluding tert-OH is 1. The minimum atomic E-state index is -1.49. The van der Waals surface area contributed by atoms with Gasteiger partial charge in [0.15, 0.2) is 6.10 Å². The molecule has 1 aliphatic carbocycles. The van der Waals surface area contributed by atoms with Crippen molar-refractivity contribution in [2.75, 3.05) is 21.3 Å². The van der Waals surface area contributed by atoms with Gasteiger partial charge in [0, 0.05) is 27.6 Å². The lowest BCUT2D eigenvalue weighted by Crippen LogP contribution is -2.25. The summed E-state index contributed by atoms with van der Waals surface area (Å²) in [5.41, 5.74) is 3.82. The number of carbonyl (C=O) groups is 2. The number of methoxy groups -OCH3 is 3. The highest BCUT2D eigenvalue weighted by molar-refractivity contribution is 6.07. The second kappa shape index (κ2) is 14.9. The lowest BCUT2D eigenvalue weighted by Gasteiger charge is -2.36. The molecular weight excluding hydrogens is 660 g/mol. The molecule has 1 N–H and O–H groups in total. The van der Waals surface area contributed by atoms with Crippen LogP contribution in [0.25, 0.3) is 21.9 Å². The first kappa shape index (κ1) is 34.1. The lowest BCUT2D eigenvalue weighted by molar-refractivity contribution is -0.0226. The minimum Gasteiger partial charge on any atom is -0.496 e. The molecule has 1 aliphatic rings. The van der Waals surface area contributed by atoms with Crippen LogP contribution in [-0.4, -0.2) is 38.4 Å². The SMILES string of the molecule is COC(=O)c1cc(OCc2ccccc2)c2c(c1)[C@H](OC(=O)c1ccccc1)[C@@H](O)c1c-2c(OC)c2cccc(OCc3ccccc3)c2c1OC. The van der Waals surface area contributed by atoms with Crippen molar-refractivity contribution in [1.82, 2.24) is 0 Å². The molecule has 9 heteroatoms. The van der Waals surface area contributed by atoms with Gasteiger partial charge in [0.05, 0.1) is 37.8 Å².